The van der Waals surface area contributed by atoms with E-state index in [1.807, 2.05) is 19.2 Å². The highest BCUT2D eigenvalue weighted by Crippen LogP contribution is 2.25. The number of aliphatic imine (C=N–C) groups is 1. The van der Waals surface area contributed by atoms with Crippen molar-refractivity contribution in [2.75, 3.05) is 30.8 Å². The number of piperidine rings is 1. The number of guanidine groups is 1. The molecule has 3 rings (SSSR count). The third-order valence-electron chi connectivity index (χ3n) is 6.36. The van der Waals surface area contributed by atoms with E-state index in [9.17, 15) is 9.00 Å². The van der Waals surface area contributed by atoms with Gasteiger partial charge in [0, 0.05) is 72.2 Å². The second-order valence-corrected chi connectivity index (χ2v) is 10.4. The maximum atomic E-state index is 12.2. The quantitative estimate of drug-likeness (QED) is 0.431. The van der Waals surface area contributed by atoms with E-state index in [4.69, 9.17) is 5.73 Å². The van der Waals surface area contributed by atoms with Gasteiger partial charge in [-0.25, -0.2) is 4.98 Å². The molecule has 2 heterocycles. The normalized spacial score (nSPS) is 23.9. The van der Waals surface area contributed by atoms with E-state index in [0.717, 1.165) is 74.7 Å². The number of nitrogens with zero attached hydrogens (tertiary/aromatic N) is 3. The molecule has 0 bridgehead atoms. The minimum absolute atomic E-state index is 0.0362. The molecule has 2 aliphatic rings. The van der Waals surface area contributed by atoms with Gasteiger partial charge in [0.15, 0.2) is 5.96 Å². The Kier molecular flexibility index (Phi) is 8.69. The van der Waals surface area contributed by atoms with Gasteiger partial charge in [-0.1, -0.05) is 19.4 Å². The maximum Gasteiger partial charge on any atom is 0.220 e. The van der Waals surface area contributed by atoms with Crippen molar-refractivity contribution >= 4 is 28.5 Å². The monoisotopic (exact) mass is 448 g/mol. The Bertz CT molecular complexity index is 794. The summed E-state index contributed by atoms with van der Waals surface area (Å²) < 4.78 is 12.2. The smallest absolute Gasteiger partial charge is 0.220 e. The fraction of sp³-hybridized carbons (Fsp3) is 0.682. The van der Waals surface area contributed by atoms with Crippen molar-refractivity contribution in [2.45, 2.75) is 63.3 Å². The average Bonchev–Trinajstić information content (AvgIpc) is 2.81. The predicted molar refractivity (Wildman–Crippen MR) is 126 cm³/mol. The fourth-order valence-corrected chi connectivity index (χ4v) is 5.89. The standard InChI is InChI=1S/C22H36N6O2S/c1-3-31(30)19-8-4-7-18(14-19)27-22(24-2)26-15-17-6-5-11-25-21(17)28-12-9-16(10-13-28)20(23)29/h5-6,11,16,18-19H,3-4,7-10,12-15H2,1-2H3,(H2,23,29)(H2,24,26,27). The van der Waals surface area contributed by atoms with Crippen LogP contribution in [0.4, 0.5) is 5.82 Å². The van der Waals surface area contributed by atoms with Crippen molar-refractivity contribution in [1.82, 2.24) is 15.6 Å². The highest BCUT2D eigenvalue weighted by Gasteiger charge is 2.27. The van der Waals surface area contributed by atoms with Gasteiger partial charge in [0.25, 0.3) is 0 Å². The molecule has 1 aliphatic carbocycles. The van der Waals surface area contributed by atoms with Crippen molar-refractivity contribution in [2.24, 2.45) is 16.6 Å². The lowest BCUT2D eigenvalue weighted by Crippen LogP contribution is -2.46. The summed E-state index contributed by atoms with van der Waals surface area (Å²) in [6, 6.07) is 4.31. The van der Waals surface area contributed by atoms with Gasteiger partial charge in [-0.15, -0.1) is 0 Å². The van der Waals surface area contributed by atoms with Crippen LogP contribution in [0.3, 0.4) is 0 Å². The minimum Gasteiger partial charge on any atom is -0.369 e. The number of rotatable bonds is 7. The van der Waals surface area contributed by atoms with Crippen LogP contribution in [0.15, 0.2) is 23.3 Å². The van der Waals surface area contributed by atoms with E-state index >= 15 is 0 Å². The van der Waals surface area contributed by atoms with Crippen LogP contribution in [0.5, 0.6) is 0 Å². The molecule has 1 aromatic heterocycles. The summed E-state index contributed by atoms with van der Waals surface area (Å²) in [4.78, 5) is 22.7. The van der Waals surface area contributed by atoms with Crippen LogP contribution < -0.4 is 21.3 Å². The predicted octanol–water partition coefficient (Wildman–Crippen LogP) is 1.53. The molecular formula is C22H36N6O2S. The van der Waals surface area contributed by atoms with Gasteiger partial charge in [0.2, 0.25) is 5.91 Å². The summed E-state index contributed by atoms with van der Waals surface area (Å²) in [6.45, 7) is 4.16. The number of hydrogen-bond acceptors (Lipinski definition) is 5. The number of pyridine rings is 1. The second-order valence-electron chi connectivity index (χ2n) is 8.37. The number of nitrogens with one attached hydrogen (secondary N) is 2. The first-order valence-corrected chi connectivity index (χ1v) is 12.7. The van der Waals surface area contributed by atoms with Gasteiger partial charge in [-0.2, -0.15) is 0 Å². The number of nitrogens with two attached hydrogens (primary N) is 1. The van der Waals surface area contributed by atoms with Crippen molar-refractivity contribution in [3.8, 4) is 0 Å². The molecule has 2 fully saturated rings. The Morgan fingerprint density at radius 3 is 2.77 bits per heavy atom. The molecule has 8 nitrogen and oxygen atoms in total. The first kappa shape index (κ1) is 23.5. The second kappa shape index (κ2) is 11.5. The summed E-state index contributed by atoms with van der Waals surface area (Å²) >= 11 is 0. The SMILES string of the molecule is CCS(=O)C1CCCC(NC(=NC)NCc2cccnc2N2CCC(C(N)=O)CC2)C1. The molecule has 3 atom stereocenters. The van der Waals surface area contributed by atoms with Crippen LogP contribution in [0.1, 0.15) is 51.0 Å². The van der Waals surface area contributed by atoms with E-state index in [-0.39, 0.29) is 17.1 Å². The number of amides is 1. The van der Waals surface area contributed by atoms with Gasteiger partial charge >= 0.3 is 0 Å². The Balaban J connectivity index is 1.57. The lowest BCUT2D eigenvalue weighted by Gasteiger charge is -2.33. The van der Waals surface area contributed by atoms with Gasteiger partial charge in [0.1, 0.15) is 5.82 Å². The molecular weight excluding hydrogens is 412 g/mol. The van der Waals surface area contributed by atoms with Crippen LogP contribution in [0.25, 0.3) is 0 Å². The Morgan fingerprint density at radius 1 is 1.32 bits per heavy atom. The van der Waals surface area contributed by atoms with E-state index in [1.165, 1.54) is 0 Å². The number of carbonyl (C=O) groups excluding carboxylic acids is 1. The lowest BCUT2D eigenvalue weighted by atomic mass is 9.95. The summed E-state index contributed by atoms with van der Waals surface area (Å²) in [5.41, 5.74) is 6.56. The first-order valence-electron chi connectivity index (χ1n) is 11.3. The van der Waals surface area contributed by atoms with Crippen LogP contribution in [0.2, 0.25) is 0 Å². The fourth-order valence-electron chi connectivity index (χ4n) is 4.55. The zero-order valence-electron chi connectivity index (χ0n) is 18.7. The molecule has 1 aromatic rings. The molecule has 1 aliphatic heterocycles. The minimum atomic E-state index is -0.739. The Labute approximate surface area is 187 Å². The molecule has 9 heteroatoms. The van der Waals surface area contributed by atoms with E-state index in [0.29, 0.717) is 12.6 Å². The van der Waals surface area contributed by atoms with Crippen molar-refractivity contribution < 1.29 is 9.00 Å². The number of primary amides is 1. The molecule has 172 valence electrons. The van der Waals surface area contributed by atoms with Gasteiger partial charge in [0.05, 0.1) is 0 Å². The van der Waals surface area contributed by atoms with E-state index < -0.39 is 10.8 Å². The van der Waals surface area contributed by atoms with Crippen LogP contribution in [-0.2, 0) is 22.1 Å². The van der Waals surface area contributed by atoms with Crippen molar-refractivity contribution in [3.63, 3.8) is 0 Å². The zero-order valence-corrected chi connectivity index (χ0v) is 19.5. The molecule has 0 aromatic carbocycles. The summed E-state index contributed by atoms with van der Waals surface area (Å²) in [5, 5.41) is 7.22. The van der Waals surface area contributed by atoms with Crippen molar-refractivity contribution in [1.29, 1.82) is 0 Å². The third kappa shape index (κ3) is 6.41. The molecule has 1 saturated heterocycles. The molecule has 3 unspecified atom stereocenters. The molecule has 0 spiro atoms. The summed E-state index contributed by atoms with van der Waals surface area (Å²) in [6.07, 6.45) is 7.49. The van der Waals surface area contributed by atoms with E-state index in [1.54, 1.807) is 7.05 Å². The number of anilines is 1. The number of hydrogen-bond donors (Lipinski definition) is 3. The third-order valence-corrected chi connectivity index (χ3v) is 8.10. The zero-order chi connectivity index (χ0) is 22.2. The van der Waals surface area contributed by atoms with Gasteiger partial charge in [-0.05, 0) is 38.2 Å². The summed E-state index contributed by atoms with van der Waals surface area (Å²) in [7, 11) is 1.04. The topological polar surface area (TPSA) is 113 Å². The van der Waals surface area contributed by atoms with Crippen molar-refractivity contribution in [3.05, 3.63) is 23.9 Å². The number of carbonyl (C=O) groups is 1. The molecule has 31 heavy (non-hydrogen) atoms. The molecule has 1 saturated carbocycles. The van der Waals surface area contributed by atoms with Gasteiger partial charge < -0.3 is 21.3 Å². The molecule has 4 N–H and O–H groups in total. The van der Waals surface area contributed by atoms with Crippen LogP contribution in [-0.4, -0.2) is 58.2 Å². The highest BCUT2D eigenvalue weighted by atomic mass is 32.2. The molecule has 1 amide bonds. The molecule has 0 radical (unpaired) electrons. The average molecular weight is 449 g/mol. The number of aromatic nitrogens is 1. The maximum absolute atomic E-state index is 12.2. The Hall–Kier alpha value is -2.16. The van der Waals surface area contributed by atoms with Gasteiger partial charge in [-0.3, -0.25) is 14.0 Å². The lowest BCUT2D eigenvalue weighted by molar-refractivity contribution is -0.122. The summed E-state index contributed by atoms with van der Waals surface area (Å²) in [5.74, 6) is 2.20. The largest absolute Gasteiger partial charge is 0.369 e. The van der Waals surface area contributed by atoms with Crippen LogP contribution >= 0.6 is 0 Å². The van der Waals surface area contributed by atoms with E-state index in [2.05, 4.69) is 31.6 Å². The van der Waals surface area contributed by atoms with Crippen LogP contribution in [0, 0.1) is 5.92 Å². The highest BCUT2D eigenvalue weighted by molar-refractivity contribution is 7.85. The first-order chi connectivity index (χ1) is 15.0. The Morgan fingerprint density at radius 2 is 2.10 bits per heavy atom.